The zero-order valence-corrected chi connectivity index (χ0v) is 10.9. The third-order valence-electron chi connectivity index (χ3n) is 2.79. The molecule has 3 N–H and O–H groups in total. The second kappa shape index (κ2) is 5.65. The lowest BCUT2D eigenvalue weighted by molar-refractivity contribution is 0.647. The minimum Gasteiger partial charge on any atom is -0.324 e. The summed E-state index contributed by atoms with van der Waals surface area (Å²) in [5.41, 5.74) is 6.93. The van der Waals surface area contributed by atoms with Gasteiger partial charge >= 0.3 is 0 Å². The highest BCUT2D eigenvalue weighted by atomic mass is 15.2. The molecular weight excluding hydrogens is 222 g/mol. The maximum Gasteiger partial charge on any atom is 0.0723 e. The summed E-state index contributed by atoms with van der Waals surface area (Å²) in [6.45, 7) is 4.45. The fourth-order valence-corrected chi connectivity index (χ4v) is 2.01. The van der Waals surface area contributed by atoms with E-state index in [1.807, 2.05) is 12.1 Å². The number of nitrogens with one attached hydrogen (secondary N) is 1. The number of rotatable bonds is 4. The van der Waals surface area contributed by atoms with E-state index in [2.05, 4.69) is 48.5 Å². The first-order valence-electron chi connectivity index (χ1n) is 6.21. The van der Waals surface area contributed by atoms with Crippen molar-refractivity contribution in [3.05, 3.63) is 48.2 Å². The molecule has 0 radical (unpaired) electrons. The molecule has 0 aliphatic heterocycles. The summed E-state index contributed by atoms with van der Waals surface area (Å²) in [6.07, 6.45) is 2.85. The van der Waals surface area contributed by atoms with Crippen LogP contribution in [0.25, 0.3) is 11.3 Å². The molecule has 0 unspecified atom stereocenters. The van der Waals surface area contributed by atoms with E-state index in [1.165, 1.54) is 5.56 Å². The van der Waals surface area contributed by atoms with Crippen LogP contribution in [0.4, 0.5) is 5.69 Å². The van der Waals surface area contributed by atoms with Crippen molar-refractivity contribution in [3.8, 4) is 11.3 Å². The Kier molecular flexibility index (Phi) is 3.95. The Morgan fingerprint density at radius 1 is 1.22 bits per heavy atom. The van der Waals surface area contributed by atoms with Gasteiger partial charge in [-0.05, 0) is 36.1 Å². The van der Waals surface area contributed by atoms with Gasteiger partial charge in [-0.2, -0.15) is 0 Å². The van der Waals surface area contributed by atoms with E-state index in [0.717, 1.165) is 23.4 Å². The van der Waals surface area contributed by atoms with Crippen molar-refractivity contribution in [3.63, 3.8) is 0 Å². The molecule has 2 rings (SSSR count). The Bertz CT molecular complexity index is 521. The first-order valence-corrected chi connectivity index (χ1v) is 6.21. The SMILES string of the molecule is CC(C)Cc1cccc(-c2cc(NN)ccn2)c1. The Balaban J connectivity index is 2.32. The molecule has 1 heterocycles. The van der Waals surface area contributed by atoms with Gasteiger partial charge in [-0.25, -0.2) is 0 Å². The van der Waals surface area contributed by atoms with E-state index >= 15 is 0 Å². The normalized spacial score (nSPS) is 10.7. The molecule has 2 aromatic rings. The van der Waals surface area contributed by atoms with Crippen molar-refractivity contribution in [2.45, 2.75) is 20.3 Å². The van der Waals surface area contributed by atoms with Crippen molar-refractivity contribution in [1.29, 1.82) is 0 Å². The number of hydrazine groups is 1. The van der Waals surface area contributed by atoms with Crippen LogP contribution in [0.3, 0.4) is 0 Å². The summed E-state index contributed by atoms with van der Waals surface area (Å²) >= 11 is 0. The van der Waals surface area contributed by atoms with Gasteiger partial charge < -0.3 is 5.43 Å². The van der Waals surface area contributed by atoms with Gasteiger partial charge in [0, 0.05) is 11.8 Å². The summed E-state index contributed by atoms with van der Waals surface area (Å²) in [4.78, 5) is 4.38. The van der Waals surface area contributed by atoms with Gasteiger partial charge in [0.15, 0.2) is 0 Å². The molecule has 3 nitrogen and oxygen atoms in total. The number of nitrogens with zero attached hydrogens (tertiary/aromatic N) is 1. The zero-order chi connectivity index (χ0) is 13.0. The fourth-order valence-electron chi connectivity index (χ4n) is 2.01. The van der Waals surface area contributed by atoms with Crippen LogP contribution in [0.2, 0.25) is 0 Å². The molecule has 0 saturated carbocycles. The van der Waals surface area contributed by atoms with Crippen LogP contribution in [0, 0.1) is 5.92 Å². The molecule has 0 saturated heterocycles. The number of hydrogen-bond donors (Lipinski definition) is 2. The smallest absolute Gasteiger partial charge is 0.0723 e. The van der Waals surface area contributed by atoms with Crippen LogP contribution in [0.5, 0.6) is 0 Å². The molecule has 18 heavy (non-hydrogen) atoms. The van der Waals surface area contributed by atoms with Crippen molar-refractivity contribution in [2.24, 2.45) is 11.8 Å². The maximum absolute atomic E-state index is 5.41. The lowest BCUT2D eigenvalue weighted by atomic mass is 10.00. The zero-order valence-electron chi connectivity index (χ0n) is 10.9. The average molecular weight is 241 g/mol. The Labute approximate surface area is 108 Å². The lowest BCUT2D eigenvalue weighted by Gasteiger charge is -2.08. The molecule has 0 atom stereocenters. The topological polar surface area (TPSA) is 50.9 Å². The molecule has 0 aliphatic rings. The standard InChI is InChI=1S/C15H19N3/c1-11(2)8-12-4-3-5-13(9-12)15-10-14(18-16)6-7-17-15/h3-7,9-11H,8,16H2,1-2H3,(H,17,18). The van der Waals surface area contributed by atoms with Gasteiger partial charge in [0.1, 0.15) is 0 Å². The molecule has 1 aromatic heterocycles. The second-order valence-electron chi connectivity index (χ2n) is 4.87. The number of nitrogens with two attached hydrogens (primary N) is 1. The highest BCUT2D eigenvalue weighted by molar-refractivity contribution is 5.64. The molecule has 1 aromatic carbocycles. The van der Waals surface area contributed by atoms with Crippen molar-refractivity contribution < 1.29 is 0 Å². The number of nitrogen functional groups attached to an aromatic ring is 1. The molecule has 0 spiro atoms. The van der Waals surface area contributed by atoms with Crippen LogP contribution in [0.1, 0.15) is 19.4 Å². The third kappa shape index (κ3) is 3.08. The van der Waals surface area contributed by atoms with Crippen molar-refractivity contribution >= 4 is 5.69 Å². The van der Waals surface area contributed by atoms with Gasteiger partial charge in [0.25, 0.3) is 0 Å². The predicted octanol–water partition coefficient (Wildman–Crippen LogP) is 3.23. The number of hydrogen-bond acceptors (Lipinski definition) is 3. The predicted molar refractivity (Wildman–Crippen MR) is 76.0 cm³/mol. The first kappa shape index (κ1) is 12.6. The summed E-state index contributed by atoms with van der Waals surface area (Å²) in [5.74, 6) is 6.07. The maximum atomic E-state index is 5.41. The minimum absolute atomic E-state index is 0.658. The summed E-state index contributed by atoms with van der Waals surface area (Å²) in [7, 11) is 0. The quantitative estimate of drug-likeness (QED) is 0.638. The van der Waals surface area contributed by atoms with Gasteiger partial charge in [0.2, 0.25) is 0 Å². The largest absolute Gasteiger partial charge is 0.324 e. The average Bonchev–Trinajstić information content (AvgIpc) is 2.38. The van der Waals surface area contributed by atoms with E-state index < -0.39 is 0 Å². The van der Waals surface area contributed by atoms with Crippen LogP contribution in [-0.2, 0) is 6.42 Å². The van der Waals surface area contributed by atoms with E-state index in [-0.39, 0.29) is 0 Å². The Morgan fingerprint density at radius 2 is 2.06 bits per heavy atom. The minimum atomic E-state index is 0.658. The monoisotopic (exact) mass is 241 g/mol. The molecule has 0 aliphatic carbocycles. The first-order chi connectivity index (χ1) is 8.69. The molecule has 0 fully saturated rings. The summed E-state index contributed by atoms with van der Waals surface area (Å²) in [5, 5.41) is 0. The molecule has 0 amide bonds. The summed E-state index contributed by atoms with van der Waals surface area (Å²) < 4.78 is 0. The molecule has 3 heteroatoms. The number of pyridine rings is 1. The van der Waals surface area contributed by atoms with Gasteiger partial charge in [-0.15, -0.1) is 0 Å². The van der Waals surface area contributed by atoms with Crippen LogP contribution in [-0.4, -0.2) is 4.98 Å². The van der Waals surface area contributed by atoms with Crippen LogP contribution < -0.4 is 11.3 Å². The lowest BCUT2D eigenvalue weighted by Crippen LogP contribution is -2.06. The highest BCUT2D eigenvalue weighted by Crippen LogP contribution is 2.21. The molecular formula is C15H19N3. The van der Waals surface area contributed by atoms with Gasteiger partial charge in [0.05, 0.1) is 11.4 Å². The fraction of sp³-hybridized carbons (Fsp3) is 0.267. The number of anilines is 1. The Hall–Kier alpha value is -1.87. The van der Waals surface area contributed by atoms with Crippen LogP contribution in [0.15, 0.2) is 42.6 Å². The van der Waals surface area contributed by atoms with E-state index in [4.69, 9.17) is 5.84 Å². The number of aromatic nitrogens is 1. The van der Waals surface area contributed by atoms with Gasteiger partial charge in [-0.3, -0.25) is 10.8 Å². The van der Waals surface area contributed by atoms with E-state index in [0.29, 0.717) is 5.92 Å². The Morgan fingerprint density at radius 3 is 2.78 bits per heavy atom. The van der Waals surface area contributed by atoms with Crippen LogP contribution >= 0.6 is 0 Å². The van der Waals surface area contributed by atoms with Crippen molar-refractivity contribution in [2.75, 3.05) is 5.43 Å². The molecule has 0 bridgehead atoms. The molecule has 94 valence electrons. The van der Waals surface area contributed by atoms with Crippen molar-refractivity contribution in [1.82, 2.24) is 4.98 Å². The second-order valence-corrected chi connectivity index (χ2v) is 4.87. The highest BCUT2D eigenvalue weighted by Gasteiger charge is 2.03. The van der Waals surface area contributed by atoms with E-state index in [1.54, 1.807) is 6.20 Å². The van der Waals surface area contributed by atoms with E-state index in [9.17, 15) is 0 Å². The third-order valence-corrected chi connectivity index (χ3v) is 2.79. The van der Waals surface area contributed by atoms with Gasteiger partial charge in [-0.1, -0.05) is 32.0 Å². The summed E-state index contributed by atoms with van der Waals surface area (Å²) in [6, 6.07) is 12.3. The number of benzene rings is 1.